The number of pyridine rings is 1. The van der Waals surface area contributed by atoms with Gasteiger partial charge >= 0.3 is 5.97 Å². The smallest absolute Gasteiger partial charge is 0.337 e. The van der Waals surface area contributed by atoms with Gasteiger partial charge in [-0.05, 0) is 29.8 Å². The molecule has 0 saturated carbocycles. The van der Waals surface area contributed by atoms with E-state index in [4.69, 9.17) is 9.47 Å². The second kappa shape index (κ2) is 6.96. The number of ether oxygens (including phenoxy) is 2. The van der Waals surface area contributed by atoms with E-state index in [1.165, 1.54) is 7.11 Å². The number of carbonyl (C=O) groups is 1. The average Bonchev–Trinajstić information content (AvgIpc) is 3.16. The zero-order chi connectivity index (χ0) is 18.8. The van der Waals surface area contributed by atoms with Gasteiger partial charge in [0.05, 0.1) is 19.8 Å². The standard InChI is InChI=1S/C22H18N2O3/c1-26-20-9-4-3-8-17(20)19-13-24-21-18(19)11-16(12-23-21)14-6-5-7-15(10-14)22(25)27-2/h3-13H,1-2H3,(H,23,24). The predicted molar refractivity (Wildman–Crippen MR) is 105 cm³/mol. The molecule has 2 heterocycles. The van der Waals surface area contributed by atoms with Crippen molar-refractivity contribution in [2.75, 3.05) is 14.2 Å². The number of aromatic nitrogens is 2. The fourth-order valence-corrected chi connectivity index (χ4v) is 3.19. The highest BCUT2D eigenvalue weighted by Crippen LogP contribution is 2.36. The predicted octanol–water partition coefficient (Wildman–Crippen LogP) is 4.69. The average molecular weight is 358 g/mol. The monoisotopic (exact) mass is 358 g/mol. The molecule has 0 fully saturated rings. The SMILES string of the molecule is COC(=O)c1cccc(-c2cnc3[nH]cc(-c4ccccc4OC)c3c2)c1. The van der Waals surface area contributed by atoms with Crippen LogP contribution in [0.15, 0.2) is 67.0 Å². The molecule has 0 aliphatic rings. The summed E-state index contributed by atoms with van der Waals surface area (Å²) in [5, 5.41) is 0.987. The van der Waals surface area contributed by atoms with Gasteiger partial charge in [-0.3, -0.25) is 0 Å². The van der Waals surface area contributed by atoms with E-state index >= 15 is 0 Å². The molecule has 0 radical (unpaired) electrons. The van der Waals surface area contributed by atoms with Crippen molar-refractivity contribution in [3.63, 3.8) is 0 Å². The van der Waals surface area contributed by atoms with Crippen LogP contribution in [0.3, 0.4) is 0 Å². The maximum absolute atomic E-state index is 11.8. The van der Waals surface area contributed by atoms with Crippen molar-refractivity contribution in [3.05, 3.63) is 72.6 Å². The Bertz CT molecular complexity index is 1130. The number of nitrogens with zero attached hydrogens (tertiary/aromatic N) is 1. The highest BCUT2D eigenvalue weighted by atomic mass is 16.5. The van der Waals surface area contributed by atoms with Gasteiger partial charge in [0.2, 0.25) is 0 Å². The van der Waals surface area contributed by atoms with Gasteiger partial charge in [-0.1, -0.05) is 30.3 Å². The van der Waals surface area contributed by atoms with Crippen molar-refractivity contribution < 1.29 is 14.3 Å². The molecule has 0 amide bonds. The number of benzene rings is 2. The first kappa shape index (κ1) is 16.8. The summed E-state index contributed by atoms with van der Waals surface area (Å²) < 4.78 is 10.3. The highest BCUT2D eigenvalue weighted by molar-refractivity contribution is 5.97. The molecule has 134 valence electrons. The number of esters is 1. The van der Waals surface area contributed by atoms with Crippen LogP contribution in [0.1, 0.15) is 10.4 Å². The molecule has 1 N–H and O–H groups in total. The molecule has 0 spiro atoms. The fraction of sp³-hybridized carbons (Fsp3) is 0.0909. The molecule has 27 heavy (non-hydrogen) atoms. The van der Waals surface area contributed by atoms with Gasteiger partial charge in [0.15, 0.2) is 0 Å². The molecule has 4 aromatic rings. The lowest BCUT2D eigenvalue weighted by Crippen LogP contribution is -2.00. The molecular formula is C22H18N2O3. The van der Waals surface area contributed by atoms with E-state index in [1.54, 1.807) is 19.4 Å². The van der Waals surface area contributed by atoms with Crippen molar-refractivity contribution in [1.29, 1.82) is 0 Å². The first-order valence-electron chi connectivity index (χ1n) is 8.50. The lowest BCUT2D eigenvalue weighted by Gasteiger charge is -2.08. The van der Waals surface area contributed by atoms with Crippen molar-refractivity contribution in [3.8, 4) is 28.0 Å². The molecule has 0 atom stereocenters. The number of carbonyl (C=O) groups excluding carboxylic acids is 1. The summed E-state index contributed by atoms with van der Waals surface area (Å²) in [7, 11) is 3.04. The van der Waals surface area contributed by atoms with Crippen LogP contribution in [-0.2, 0) is 4.74 Å². The number of H-pyrrole nitrogens is 1. The molecule has 2 aromatic carbocycles. The van der Waals surface area contributed by atoms with E-state index < -0.39 is 0 Å². The number of hydrogen-bond acceptors (Lipinski definition) is 4. The maximum atomic E-state index is 11.8. The minimum Gasteiger partial charge on any atom is -0.496 e. The molecule has 0 unspecified atom stereocenters. The van der Waals surface area contributed by atoms with Crippen LogP contribution >= 0.6 is 0 Å². The zero-order valence-electron chi connectivity index (χ0n) is 15.0. The van der Waals surface area contributed by atoms with Gasteiger partial charge in [-0.15, -0.1) is 0 Å². The molecule has 5 heteroatoms. The Balaban J connectivity index is 1.85. The first-order chi connectivity index (χ1) is 13.2. The van der Waals surface area contributed by atoms with Gasteiger partial charge in [0.25, 0.3) is 0 Å². The molecule has 0 saturated heterocycles. The summed E-state index contributed by atoms with van der Waals surface area (Å²) in [6.45, 7) is 0. The summed E-state index contributed by atoms with van der Waals surface area (Å²) in [5.41, 5.74) is 5.14. The van der Waals surface area contributed by atoms with Crippen LogP contribution in [0.5, 0.6) is 5.75 Å². The number of para-hydroxylation sites is 1. The number of aromatic amines is 1. The number of nitrogens with one attached hydrogen (secondary N) is 1. The Kier molecular flexibility index (Phi) is 4.34. The van der Waals surface area contributed by atoms with E-state index in [0.717, 1.165) is 39.0 Å². The molecule has 2 aromatic heterocycles. The van der Waals surface area contributed by atoms with Crippen LogP contribution < -0.4 is 4.74 Å². The van der Waals surface area contributed by atoms with Gasteiger partial charge in [0.1, 0.15) is 11.4 Å². The highest BCUT2D eigenvalue weighted by Gasteiger charge is 2.13. The van der Waals surface area contributed by atoms with E-state index in [2.05, 4.69) is 16.0 Å². The second-order valence-corrected chi connectivity index (χ2v) is 6.10. The minimum atomic E-state index is -0.359. The molecule has 5 nitrogen and oxygen atoms in total. The third-order valence-corrected chi connectivity index (χ3v) is 4.55. The normalized spacial score (nSPS) is 10.7. The van der Waals surface area contributed by atoms with E-state index in [1.807, 2.05) is 48.7 Å². The van der Waals surface area contributed by atoms with Gasteiger partial charge in [-0.2, -0.15) is 0 Å². The number of methoxy groups -OCH3 is 2. The van der Waals surface area contributed by atoms with Gasteiger partial charge in [-0.25, -0.2) is 9.78 Å². The third-order valence-electron chi connectivity index (χ3n) is 4.55. The summed E-state index contributed by atoms with van der Waals surface area (Å²) in [4.78, 5) is 19.6. The summed E-state index contributed by atoms with van der Waals surface area (Å²) in [6, 6.07) is 17.3. The van der Waals surface area contributed by atoms with Gasteiger partial charge in [0, 0.05) is 34.5 Å². The van der Waals surface area contributed by atoms with E-state index in [-0.39, 0.29) is 5.97 Å². The maximum Gasteiger partial charge on any atom is 0.337 e. The van der Waals surface area contributed by atoms with Crippen molar-refractivity contribution in [1.82, 2.24) is 9.97 Å². The Morgan fingerprint density at radius 2 is 1.81 bits per heavy atom. The summed E-state index contributed by atoms with van der Waals surface area (Å²) in [5.74, 6) is 0.443. The molecule has 0 aliphatic heterocycles. The van der Waals surface area contributed by atoms with Crippen molar-refractivity contribution in [2.45, 2.75) is 0 Å². The number of fused-ring (bicyclic) bond motifs is 1. The summed E-state index contributed by atoms with van der Waals surface area (Å²) >= 11 is 0. The van der Waals surface area contributed by atoms with Crippen LogP contribution in [-0.4, -0.2) is 30.2 Å². The quantitative estimate of drug-likeness (QED) is 0.538. The van der Waals surface area contributed by atoms with Crippen LogP contribution in [0, 0.1) is 0 Å². The van der Waals surface area contributed by atoms with Crippen molar-refractivity contribution >= 4 is 17.0 Å². The summed E-state index contributed by atoms with van der Waals surface area (Å²) in [6.07, 6.45) is 3.73. The van der Waals surface area contributed by atoms with E-state index in [0.29, 0.717) is 5.56 Å². The Labute approximate surface area is 156 Å². The molecular weight excluding hydrogens is 340 g/mol. The first-order valence-corrected chi connectivity index (χ1v) is 8.50. The van der Waals surface area contributed by atoms with Crippen LogP contribution in [0.25, 0.3) is 33.3 Å². The zero-order valence-corrected chi connectivity index (χ0v) is 15.0. The Morgan fingerprint density at radius 1 is 0.963 bits per heavy atom. The molecule has 0 bridgehead atoms. The minimum absolute atomic E-state index is 0.359. The van der Waals surface area contributed by atoms with Crippen molar-refractivity contribution in [2.24, 2.45) is 0 Å². The molecule has 0 aliphatic carbocycles. The largest absolute Gasteiger partial charge is 0.496 e. The second-order valence-electron chi connectivity index (χ2n) is 6.10. The van der Waals surface area contributed by atoms with Gasteiger partial charge < -0.3 is 14.5 Å². The van der Waals surface area contributed by atoms with Crippen LogP contribution in [0.2, 0.25) is 0 Å². The number of rotatable bonds is 4. The van der Waals surface area contributed by atoms with Crippen LogP contribution in [0.4, 0.5) is 0 Å². The number of hydrogen-bond donors (Lipinski definition) is 1. The van der Waals surface area contributed by atoms with E-state index in [9.17, 15) is 4.79 Å². The molecule has 4 rings (SSSR count). The lowest BCUT2D eigenvalue weighted by atomic mass is 10.0. The topological polar surface area (TPSA) is 64.2 Å². The Morgan fingerprint density at radius 3 is 2.63 bits per heavy atom. The lowest BCUT2D eigenvalue weighted by molar-refractivity contribution is 0.0601. The Hall–Kier alpha value is -3.60. The fourth-order valence-electron chi connectivity index (χ4n) is 3.19. The third kappa shape index (κ3) is 3.04.